The van der Waals surface area contributed by atoms with E-state index < -0.39 is 0 Å². The first-order valence-corrected chi connectivity index (χ1v) is 9.65. The molecule has 0 aliphatic carbocycles. The van der Waals surface area contributed by atoms with Crippen molar-refractivity contribution in [3.63, 3.8) is 0 Å². The topological polar surface area (TPSA) is 49.4 Å². The van der Waals surface area contributed by atoms with Crippen LogP contribution in [0.4, 0.5) is 5.69 Å². The molecule has 4 heteroatoms. The molecular weight excluding hydrogens is 348 g/mol. The summed E-state index contributed by atoms with van der Waals surface area (Å²) in [5.41, 5.74) is 4.27. The summed E-state index contributed by atoms with van der Waals surface area (Å²) < 4.78 is 0. The number of anilines is 1. The van der Waals surface area contributed by atoms with Crippen LogP contribution >= 0.6 is 0 Å². The molecule has 28 heavy (non-hydrogen) atoms. The molecule has 0 aromatic heterocycles. The van der Waals surface area contributed by atoms with Crippen molar-refractivity contribution in [1.29, 1.82) is 0 Å². The number of nitrogens with one attached hydrogen (secondary N) is 1. The molecule has 1 aliphatic rings. The first-order valence-electron chi connectivity index (χ1n) is 9.65. The van der Waals surface area contributed by atoms with E-state index in [1.165, 1.54) is 5.56 Å². The molecule has 3 aromatic carbocycles. The molecule has 3 aromatic rings. The lowest BCUT2D eigenvalue weighted by atomic mass is 10.0. The van der Waals surface area contributed by atoms with Crippen LogP contribution in [-0.4, -0.2) is 24.4 Å². The van der Waals surface area contributed by atoms with Gasteiger partial charge in [-0.2, -0.15) is 0 Å². The Morgan fingerprint density at radius 2 is 1.82 bits per heavy atom. The number of nitrogens with zero attached hydrogens (tertiary/aromatic N) is 1. The van der Waals surface area contributed by atoms with Crippen LogP contribution < -0.4 is 10.2 Å². The molecule has 0 spiro atoms. The highest BCUT2D eigenvalue weighted by Crippen LogP contribution is 2.24. The minimum absolute atomic E-state index is 0.0453. The van der Waals surface area contributed by atoms with Crippen LogP contribution in [0.15, 0.2) is 60.7 Å². The Morgan fingerprint density at radius 1 is 1.04 bits per heavy atom. The Kier molecular flexibility index (Phi) is 4.86. The maximum Gasteiger partial charge on any atom is 0.229 e. The zero-order valence-corrected chi connectivity index (χ0v) is 16.2. The van der Waals surface area contributed by atoms with Crippen molar-refractivity contribution in [2.45, 2.75) is 32.7 Å². The van der Waals surface area contributed by atoms with Crippen molar-refractivity contribution in [2.24, 2.45) is 0 Å². The molecule has 1 fully saturated rings. The van der Waals surface area contributed by atoms with Crippen LogP contribution in [0.2, 0.25) is 0 Å². The third-order valence-corrected chi connectivity index (χ3v) is 5.52. The minimum atomic E-state index is -0.156. The first kappa shape index (κ1) is 18.2. The maximum atomic E-state index is 12.6. The predicted octanol–water partition coefficient (Wildman–Crippen LogP) is 3.92. The Bertz CT molecular complexity index is 1050. The fraction of sp³-hybridized carbons (Fsp3) is 0.250. The lowest BCUT2D eigenvalue weighted by Crippen LogP contribution is -2.38. The second kappa shape index (κ2) is 7.47. The fourth-order valence-electron chi connectivity index (χ4n) is 3.85. The molecule has 2 amide bonds. The molecule has 1 heterocycles. The molecule has 0 unspecified atom stereocenters. The van der Waals surface area contributed by atoms with Crippen LogP contribution in [0.25, 0.3) is 10.8 Å². The average molecular weight is 372 g/mol. The summed E-state index contributed by atoms with van der Waals surface area (Å²) in [6.45, 7) is 4.62. The standard InChI is InChI=1S/C24H24N2O2/c1-16-10-11-21(12-17(16)2)26-15-20(14-24(26)28)25-23(27)13-19-8-5-7-18-6-3-4-9-22(18)19/h3-12,20H,13-15H2,1-2H3,(H,25,27)/t20-/m1/s1. The third-order valence-electron chi connectivity index (χ3n) is 5.52. The van der Waals surface area contributed by atoms with E-state index >= 15 is 0 Å². The molecule has 142 valence electrons. The summed E-state index contributed by atoms with van der Waals surface area (Å²) in [7, 11) is 0. The number of hydrogen-bond donors (Lipinski definition) is 1. The van der Waals surface area contributed by atoms with Crippen LogP contribution in [0.1, 0.15) is 23.1 Å². The van der Waals surface area contributed by atoms with Gasteiger partial charge < -0.3 is 10.2 Å². The van der Waals surface area contributed by atoms with E-state index in [-0.39, 0.29) is 17.9 Å². The highest BCUT2D eigenvalue weighted by Gasteiger charge is 2.31. The van der Waals surface area contributed by atoms with Gasteiger partial charge in [-0.25, -0.2) is 0 Å². The summed E-state index contributed by atoms with van der Waals surface area (Å²) in [6.07, 6.45) is 0.657. The van der Waals surface area contributed by atoms with Crippen LogP contribution in [0.3, 0.4) is 0 Å². The number of hydrogen-bond acceptors (Lipinski definition) is 2. The Labute approximate surface area is 165 Å². The van der Waals surface area contributed by atoms with Gasteiger partial charge in [-0.3, -0.25) is 9.59 Å². The van der Waals surface area contributed by atoms with Gasteiger partial charge >= 0.3 is 0 Å². The Morgan fingerprint density at radius 3 is 2.64 bits per heavy atom. The number of carbonyl (C=O) groups excluding carboxylic acids is 2. The quantitative estimate of drug-likeness (QED) is 0.755. The van der Waals surface area contributed by atoms with Gasteiger partial charge in [0.05, 0.1) is 12.5 Å². The molecule has 1 atom stereocenters. The van der Waals surface area contributed by atoms with Gasteiger partial charge in [0, 0.05) is 18.7 Å². The van der Waals surface area contributed by atoms with Crippen molar-refractivity contribution in [3.8, 4) is 0 Å². The second-order valence-electron chi connectivity index (χ2n) is 7.56. The van der Waals surface area contributed by atoms with Gasteiger partial charge in [0.2, 0.25) is 11.8 Å². The minimum Gasteiger partial charge on any atom is -0.351 e. The molecular formula is C24H24N2O2. The molecule has 1 N–H and O–H groups in total. The Hall–Kier alpha value is -3.14. The van der Waals surface area contributed by atoms with Crippen LogP contribution in [0, 0.1) is 13.8 Å². The van der Waals surface area contributed by atoms with Crippen molar-refractivity contribution >= 4 is 28.3 Å². The largest absolute Gasteiger partial charge is 0.351 e. The van der Waals surface area contributed by atoms with E-state index in [9.17, 15) is 9.59 Å². The number of amides is 2. The number of benzene rings is 3. The highest BCUT2D eigenvalue weighted by atomic mass is 16.2. The van der Waals surface area contributed by atoms with Gasteiger partial charge in [-0.05, 0) is 53.4 Å². The van der Waals surface area contributed by atoms with E-state index in [0.29, 0.717) is 19.4 Å². The zero-order chi connectivity index (χ0) is 19.7. The fourth-order valence-corrected chi connectivity index (χ4v) is 3.85. The number of carbonyl (C=O) groups is 2. The SMILES string of the molecule is Cc1ccc(N2C[C@H](NC(=O)Cc3cccc4ccccc34)CC2=O)cc1C. The Balaban J connectivity index is 1.44. The molecule has 1 saturated heterocycles. The molecule has 0 radical (unpaired) electrons. The van der Waals surface area contributed by atoms with Crippen molar-refractivity contribution in [2.75, 3.05) is 11.4 Å². The summed E-state index contributed by atoms with van der Waals surface area (Å²) in [4.78, 5) is 26.9. The molecule has 4 rings (SSSR count). The van der Waals surface area contributed by atoms with Gasteiger partial charge in [-0.1, -0.05) is 48.5 Å². The highest BCUT2D eigenvalue weighted by molar-refractivity contribution is 5.97. The normalized spacial score (nSPS) is 16.6. The first-order chi connectivity index (χ1) is 13.5. The van der Waals surface area contributed by atoms with Gasteiger partial charge in [0.1, 0.15) is 0 Å². The zero-order valence-electron chi connectivity index (χ0n) is 16.2. The van der Waals surface area contributed by atoms with Crippen molar-refractivity contribution in [1.82, 2.24) is 5.32 Å². The van der Waals surface area contributed by atoms with E-state index in [1.54, 1.807) is 4.90 Å². The van der Waals surface area contributed by atoms with E-state index in [0.717, 1.165) is 27.6 Å². The van der Waals surface area contributed by atoms with Gasteiger partial charge in [0.25, 0.3) is 0 Å². The lowest BCUT2D eigenvalue weighted by Gasteiger charge is -2.18. The van der Waals surface area contributed by atoms with E-state index in [2.05, 4.69) is 12.2 Å². The second-order valence-corrected chi connectivity index (χ2v) is 7.56. The molecule has 0 saturated carbocycles. The number of rotatable bonds is 4. The smallest absolute Gasteiger partial charge is 0.229 e. The average Bonchev–Trinajstić information content (AvgIpc) is 3.04. The molecule has 1 aliphatic heterocycles. The number of aryl methyl sites for hydroxylation is 2. The summed E-state index contributed by atoms with van der Waals surface area (Å²) in [5.74, 6) is 0.00908. The van der Waals surface area contributed by atoms with Crippen LogP contribution in [0.5, 0.6) is 0 Å². The lowest BCUT2D eigenvalue weighted by molar-refractivity contribution is -0.121. The summed E-state index contributed by atoms with van der Waals surface area (Å²) in [5, 5.41) is 5.27. The number of fused-ring (bicyclic) bond motifs is 1. The molecule has 4 nitrogen and oxygen atoms in total. The maximum absolute atomic E-state index is 12.6. The molecule has 0 bridgehead atoms. The third kappa shape index (κ3) is 3.63. The van der Waals surface area contributed by atoms with Crippen LogP contribution in [-0.2, 0) is 16.0 Å². The predicted molar refractivity (Wildman–Crippen MR) is 112 cm³/mol. The van der Waals surface area contributed by atoms with Crippen molar-refractivity contribution < 1.29 is 9.59 Å². The van der Waals surface area contributed by atoms with E-state index in [4.69, 9.17) is 0 Å². The van der Waals surface area contributed by atoms with Gasteiger partial charge in [-0.15, -0.1) is 0 Å². The van der Waals surface area contributed by atoms with E-state index in [1.807, 2.05) is 67.6 Å². The van der Waals surface area contributed by atoms with Crippen molar-refractivity contribution in [3.05, 3.63) is 77.4 Å². The monoisotopic (exact) mass is 372 g/mol. The summed E-state index contributed by atoms with van der Waals surface area (Å²) in [6, 6.07) is 20.0. The van der Waals surface area contributed by atoms with Gasteiger partial charge in [0.15, 0.2) is 0 Å². The summed E-state index contributed by atoms with van der Waals surface area (Å²) >= 11 is 0.